The summed E-state index contributed by atoms with van der Waals surface area (Å²) < 4.78 is 13.1. The van der Waals surface area contributed by atoms with Crippen molar-refractivity contribution >= 4 is 16.9 Å². The van der Waals surface area contributed by atoms with Crippen LogP contribution in [0.2, 0.25) is 0 Å². The van der Waals surface area contributed by atoms with Crippen LogP contribution in [0.15, 0.2) is 24.4 Å². The largest absolute Gasteiger partial charge is 0.350 e. The van der Waals surface area contributed by atoms with Gasteiger partial charge in [0.15, 0.2) is 0 Å². The van der Waals surface area contributed by atoms with Gasteiger partial charge in [0, 0.05) is 30.2 Å². The van der Waals surface area contributed by atoms with Gasteiger partial charge in [-0.05, 0) is 25.1 Å². The highest BCUT2D eigenvalue weighted by atomic mass is 19.1. The number of hydrogen-bond donors (Lipinski definition) is 2. The van der Waals surface area contributed by atoms with Crippen LogP contribution in [0.4, 0.5) is 10.3 Å². The van der Waals surface area contributed by atoms with E-state index >= 15 is 0 Å². The van der Waals surface area contributed by atoms with Gasteiger partial charge in [-0.2, -0.15) is 0 Å². The van der Waals surface area contributed by atoms with Crippen molar-refractivity contribution in [1.82, 2.24) is 15.3 Å². The van der Waals surface area contributed by atoms with Crippen LogP contribution in [-0.4, -0.2) is 29.1 Å². The molecule has 0 radical (unpaired) electrons. The van der Waals surface area contributed by atoms with Crippen molar-refractivity contribution < 1.29 is 4.39 Å². The van der Waals surface area contributed by atoms with Crippen LogP contribution in [0.5, 0.6) is 0 Å². The summed E-state index contributed by atoms with van der Waals surface area (Å²) in [6, 6.07) is 4.89. The van der Waals surface area contributed by atoms with E-state index in [2.05, 4.69) is 20.6 Å². The molecule has 88 valence electrons. The van der Waals surface area contributed by atoms with Gasteiger partial charge in [0.1, 0.15) is 5.82 Å². The maximum absolute atomic E-state index is 13.1. The molecule has 1 atom stereocenters. The van der Waals surface area contributed by atoms with Gasteiger partial charge in [0.05, 0.1) is 5.52 Å². The van der Waals surface area contributed by atoms with Gasteiger partial charge in [-0.15, -0.1) is 0 Å². The van der Waals surface area contributed by atoms with E-state index in [9.17, 15) is 4.39 Å². The SMILES string of the molecule is Fc1ccc2cnc(N[C@@H]3CCNC3)nc2c1. The Kier molecular flexibility index (Phi) is 2.60. The van der Waals surface area contributed by atoms with Crippen molar-refractivity contribution in [2.45, 2.75) is 12.5 Å². The number of fused-ring (bicyclic) bond motifs is 1. The van der Waals surface area contributed by atoms with Gasteiger partial charge in [-0.1, -0.05) is 0 Å². The Bertz CT molecular complexity index is 537. The molecule has 0 bridgehead atoms. The van der Waals surface area contributed by atoms with Crippen LogP contribution in [0.3, 0.4) is 0 Å². The molecule has 5 heteroatoms. The molecule has 3 rings (SSSR count). The standard InChI is InChI=1S/C12H13FN4/c13-9-2-1-8-6-15-12(17-11(8)5-9)16-10-3-4-14-7-10/h1-2,5-6,10,14H,3-4,7H2,(H,15,16,17)/t10-/m1/s1. The number of benzene rings is 1. The Labute approximate surface area is 98.3 Å². The topological polar surface area (TPSA) is 49.8 Å². The minimum Gasteiger partial charge on any atom is -0.350 e. The van der Waals surface area contributed by atoms with E-state index in [4.69, 9.17) is 0 Å². The highest BCUT2D eigenvalue weighted by molar-refractivity contribution is 5.78. The van der Waals surface area contributed by atoms with Crippen molar-refractivity contribution in [1.29, 1.82) is 0 Å². The molecule has 17 heavy (non-hydrogen) atoms. The Morgan fingerprint density at radius 3 is 3.18 bits per heavy atom. The maximum Gasteiger partial charge on any atom is 0.223 e. The first-order valence-electron chi connectivity index (χ1n) is 5.71. The lowest BCUT2D eigenvalue weighted by molar-refractivity contribution is 0.629. The minimum atomic E-state index is -0.273. The number of hydrogen-bond acceptors (Lipinski definition) is 4. The Hall–Kier alpha value is -1.75. The average molecular weight is 232 g/mol. The summed E-state index contributed by atoms with van der Waals surface area (Å²) >= 11 is 0. The molecule has 1 aromatic heterocycles. The summed E-state index contributed by atoms with van der Waals surface area (Å²) in [5.41, 5.74) is 0.633. The fourth-order valence-corrected chi connectivity index (χ4v) is 2.03. The molecule has 4 nitrogen and oxygen atoms in total. The summed E-state index contributed by atoms with van der Waals surface area (Å²) in [6.45, 7) is 1.93. The first-order chi connectivity index (χ1) is 8.31. The molecule has 0 unspecified atom stereocenters. The maximum atomic E-state index is 13.1. The molecule has 0 saturated carbocycles. The zero-order valence-corrected chi connectivity index (χ0v) is 9.28. The van der Waals surface area contributed by atoms with Crippen LogP contribution in [0.25, 0.3) is 10.9 Å². The molecule has 2 heterocycles. The highest BCUT2D eigenvalue weighted by Gasteiger charge is 2.14. The molecule has 1 aromatic carbocycles. The molecule has 1 aliphatic heterocycles. The first kappa shape index (κ1) is 10.4. The van der Waals surface area contributed by atoms with E-state index in [-0.39, 0.29) is 5.82 Å². The average Bonchev–Trinajstić information content (AvgIpc) is 2.81. The summed E-state index contributed by atoms with van der Waals surface area (Å²) in [4.78, 5) is 8.54. The summed E-state index contributed by atoms with van der Waals surface area (Å²) in [7, 11) is 0. The van der Waals surface area contributed by atoms with Crippen LogP contribution in [0.1, 0.15) is 6.42 Å². The Morgan fingerprint density at radius 2 is 2.35 bits per heavy atom. The van der Waals surface area contributed by atoms with E-state index in [0.29, 0.717) is 17.5 Å². The third-order valence-electron chi connectivity index (χ3n) is 2.94. The van der Waals surface area contributed by atoms with E-state index in [1.54, 1.807) is 12.3 Å². The predicted octanol–water partition coefficient (Wildman–Crippen LogP) is 1.54. The first-order valence-corrected chi connectivity index (χ1v) is 5.71. The number of anilines is 1. The van der Waals surface area contributed by atoms with Gasteiger partial charge in [-0.25, -0.2) is 14.4 Å². The van der Waals surface area contributed by atoms with Gasteiger partial charge in [-0.3, -0.25) is 0 Å². The van der Waals surface area contributed by atoms with Crippen molar-refractivity contribution in [2.24, 2.45) is 0 Å². The van der Waals surface area contributed by atoms with E-state index < -0.39 is 0 Å². The van der Waals surface area contributed by atoms with E-state index in [0.717, 1.165) is 24.9 Å². The van der Waals surface area contributed by atoms with Gasteiger partial charge >= 0.3 is 0 Å². The third kappa shape index (κ3) is 2.19. The van der Waals surface area contributed by atoms with Crippen LogP contribution in [0, 0.1) is 5.82 Å². The van der Waals surface area contributed by atoms with Gasteiger partial charge < -0.3 is 10.6 Å². The molecule has 2 N–H and O–H groups in total. The summed E-state index contributed by atoms with van der Waals surface area (Å²) in [6.07, 6.45) is 2.77. The lowest BCUT2D eigenvalue weighted by Crippen LogP contribution is -2.23. The number of nitrogens with one attached hydrogen (secondary N) is 2. The van der Waals surface area contributed by atoms with Crippen molar-refractivity contribution in [3.63, 3.8) is 0 Å². The van der Waals surface area contributed by atoms with Crippen LogP contribution in [-0.2, 0) is 0 Å². The second-order valence-electron chi connectivity index (χ2n) is 4.23. The lowest BCUT2D eigenvalue weighted by Gasteiger charge is -2.11. The minimum absolute atomic E-state index is 0.273. The molecule has 2 aromatic rings. The molecular formula is C12H13FN4. The summed E-state index contributed by atoms with van der Waals surface area (Å²) in [5, 5.41) is 7.35. The highest BCUT2D eigenvalue weighted by Crippen LogP contribution is 2.15. The number of nitrogens with zero attached hydrogens (tertiary/aromatic N) is 2. The fourth-order valence-electron chi connectivity index (χ4n) is 2.03. The fraction of sp³-hybridized carbons (Fsp3) is 0.333. The zero-order valence-electron chi connectivity index (χ0n) is 9.28. The third-order valence-corrected chi connectivity index (χ3v) is 2.94. The molecule has 0 aliphatic carbocycles. The molecular weight excluding hydrogens is 219 g/mol. The van der Waals surface area contributed by atoms with Crippen molar-refractivity contribution in [3.05, 3.63) is 30.2 Å². The monoisotopic (exact) mass is 232 g/mol. The zero-order chi connectivity index (χ0) is 11.7. The Balaban J connectivity index is 1.89. The molecule has 0 spiro atoms. The number of aromatic nitrogens is 2. The molecule has 1 fully saturated rings. The quantitative estimate of drug-likeness (QED) is 0.824. The molecule has 0 amide bonds. The number of rotatable bonds is 2. The molecule has 1 aliphatic rings. The van der Waals surface area contributed by atoms with E-state index in [1.807, 2.05) is 0 Å². The van der Waals surface area contributed by atoms with Crippen LogP contribution >= 0.6 is 0 Å². The molecule has 1 saturated heterocycles. The predicted molar refractivity (Wildman–Crippen MR) is 64.4 cm³/mol. The smallest absolute Gasteiger partial charge is 0.223 e. The van der Waals surface area contributed by atoms with Crippen LogP contribution < -0.4 is 10.6 Å². The second kappa shape index (κ2) is 4.25. The van der Waals surface area contributed by atoms with Crippen molar-refractivity contribution in [2.75, 3.05) is 18.4 Å². The van der Waals surface area contributed by atoms with Crippen molar-refractivity contribution in [3.8, 4) is 0 Å². The van der Waals surface area contributed by atoms with Gasteiger partial charge in [0.25, 0.3) is 0 Å². The van der Waals surface area contributed by atoms with Gasteiger partial charge in [0.2, 0.25) is 5.95 Å². The lowest BCUT2D eigenvalue weighted by atomic mass is 10.2. The van der Waals surface area contributed by atoms with E-state index in [1.165, 1.54) is 12.1 Å². The second-order valence-corrected chi connectivity index (χ2v) is 4.23. The Morgan fingerprint density at radius 1 is 1.41 bits per heavy atom. The number of halogens is 1. The normalized spacial score (nSPS) is 19.7. The summed E-state index contributed by atoms with van der Waals surface area (Å²) in [5.74, 6) is 0.293.